The molecular formula is C43H41ClN4O5. The Morgan fingerprint density at radius 3 is 1.43 bits per heavy atom. The Hall–Kier alpha value is -6.19. The van der Waals surface area contributed by atoms with Crippen molar-refractivity contribution in [1.82, 2.24) is 19.8 Å². The van der Waals surface area contributed by atoms with E-state index in [-0.39, 0.29) is 22.2 Å². The number of nitrogens with zero attached hydrogens (tertiary/aromatic N) is 2. The molecule has 2 N–H and O–H groups in total. The molecule has 0 fully saturated rings. The van der Waals surface area contributed by atoms with E-state index in [2.05, 4.69) is 10.6 Å². The first-order valence-electron chi connectivity index (χ1n) is 17.0. The van der Waals surface area contributed by atoms with E-state index in [0.717, 1.165) is 50.5 Å². The second-order valence-electron chi connectivity index (χ2n) is 12.6. The van der Waals surface area contributed by atoms with Crippen LogP contribution >= 0.6 is 11.6 Å². The van der Waals surface area contributed by atoms with Crippen molar-refractivity contribution in [3.8, 4) is 17.1 Å². The molecule has 9 nitrogen and oxygen atoms in total. The summed E-state index contributed by atoms with van der Waals surface area (Å²) in [6.45, 7) is 8.48. The van der Waals surface area contributed by atoms with Gasteiger partial charge in [0.1, 0.15) is 16.9 Å². The zero-order valence-electron chi connectivity index (χ0n) is 30.3. The number of rotatable bonds is 9. The number of pyridine rings is 2. The standard InChI is InChI=1S/C22H22N2O3.C21H19ClN2O2/c1-15-6-7-16(2)20(13-15)24-12-4-5-19(22(24)26)21(25)23-14-17-8-10-18(27-3)11-9-17;1-14-5-6-15(2)19(12-14)24-11-3-4-18(21(24)26)20(25)23-13-16-7-9-17(22)10-8-16/h4-13H,14H2,1-3H3,(H,23,25);3-12H,13H2,1-2H3,(H,23,25). The minimum Gasteiger partial charge on any atom is -0.497 e. The molecule has 2 heterocycles. The van der Waals surface area contributed by atoms with Gasteiger partial charge in [-0.2, -0.15) is 0 Å². The summed E-state index contributed by atoms with van der Waals surface area (Å²) < 4.78 is 8.15. The highest BCUT2D eigenvalue weighted by atomic mass is 35.5. The average molecular weight is 729 g/mol. The molecule has 0 saturated carbocycles. The van der Waals surface area contributed by atoms with Crippen molar-refractivity contribution in [1.29, 1.82) is 0 Å². The van der Waals surface area contributed by atoms with Crippen molar-refractivity contribution in [3.63, 3.8) is 0 Å². The fourth-order valence-corrected chi connectivity index (χ4v) is 5.70. The number of hydrogen-bond donors (Lipinski definition) is 2. The zero-order valence-corrected chi connectivity index (χ0v) is 31.0. The molecule has 6 rings (SSSR count). The topological polar surface area (TPSA) is 111 Å². The van der Waals surface area contributed by atoms with E-state index < -0.39 is 11.8 Å². The number of carbonyl (C=O) groups is 2. The lowest BCUT2D eigenvalue weighted by Gasteiger charge is -2.12. The fourth-order valence-electron chi connectivity index (χ4n) is 5.57. The van der Waals surface area contributed by atoms with Crippen LogP contribution in [0.25, 0.3) is 11.4 Å². The number of halogens is 1. The van der Waals surface area contributed by atoms with Crippen LogP contribution in [0.4, 0.5) is 0 Å². The molecule has 6 aromatic rings. The summed E-state index contributed by atoms with van der Waals surface area (Å²) in [6, 6.07) is 32.9. The van der Waals surface area contributed by atoms with Crippen molar-refractivity contribution in [2.45, 2.75) is 40.8 Å². The first-order valence-corrected chi connectivity index (χ1v) is 17.4. The SMILES string of the molecule is COc1ccc(CNC(=O)c2cccn(-c3cc(C)ccc3C)c2=O)cc1.Cc1ccc(C)c(-n2cccc(C(=O)NCc3ccc(Cl)cc3)c2=O)c1. The third-order valence-corrected chi connectivity index (χ3v) is 8.86. The van der Waals surface area contributed by atoms with E-state index in [4.69, 9.17) is 16.3 Å². The number of benzene rings is 4. The Bertz CT molecular complexity index is 2360. The van der Waals surface area contributed by atoms with Gasteiger partial charge in [-0.25, -0.2) is 0 Å². The second-order valence-corrected chi connectivity index (χ2v) is 13.1. The lowest BCUT2D eigenvalue weighted by Crippen LogP contribution is -2.32. The van der Waals surface area contributed by atoms with Crippen molar-refractivity contribution in [2.75, 3.05) is 7.11 Å². The molecule has 2 amide bonds. The van der Waals surface area contributed by atoms with Crippen LogP contribution in [0.1, 0.15) is 54.1 Å². The summed E-state index contributed by atoms with van der Waals surface area (Å²) in [6.07, 6.45) is 3.37. The van der Waals surface area contributed by atoms with Gasteiger partial charge in [0.2, 0.25) is 0 Å². The second kappa shape index (κ2) is 17.4. The zero-order chi connectivity index (χ0) is 38.1. The maximum Gasteiger partial charge on any atom is 0.267 e. The molecule has 0 spiro atoms. The smallest absolute Gasteiger partial charge is 0.267 e. The molecule has 0 bridgehead atoms. The molecule has 0 saturated heterocycles. The highest BCUT2D eigenvalue weighted by Crippen LogP contribution is 2.16. The molecule has 4 aromatic carbocycles. The molecule has 53 heavy (non-hydrogen) atoms. The minimum atomic E-state index is -0.399. The van der Waals surface area contributed by atoms with E-state index in [0.29, 0.717) is 18.1 Å². The van der Waals surface area contributed by atoms with Crippen molar-refractivity contribution in [3.05, 3.63) is 192 Å². The number of carbonyl (C=O) groups excluding carboxylic acids is 2. The molecule has 10 heteroatoms. The van der Waals surface area contributed by atoms with Gasteiger partial charge in [-0.15, -0.1) is 0 Å². The Kier molecular flexibility index (Phi) is 12.5. The van der Waals surface area contributed by atoms with Crippen LogP contribution in [0.3, 0.4) is 0 Å². The van der Waals surface area contributed by atoms with Gasteiger partial charge in [0.25, 0.3) is 22.9 Å². The van der Waals surface area contributed by atoms with Crippen LogP contribution < -0.4 is 26.5 Å². The third kappa shape index (κ3) is 9.58. The Balaban J connectivity index is 0.000000204. The Labute approximate surface area is 313 Å². The van der Waals surface area contributed by atoms with E-state index in [1.807, 2.05) is 100 Å². The van der Waals surface area contributed by atoms with Gasteiger partial charge in [0.15, 0.2) is 0 Å². The summed E-state index contributed by atoms with van der Waals surface area (Å²) in [5, 5.41) is 6.23. The highest BCUT2D eigenvalue weighted by molar-refractivity contribution is 6.30. The molecule has 0 aliphatic carbocycles. The Morgan fingerprint density at radius 2 is 1.02 bits per heavy atom. The highest BCUT2D eigenvalue weighted by Gasteiger charge is 2.15. The number of nitrogens with one attached hydrogen (secondary N) is 2. The van der Waals surface area contributed by atoms with Crippen LogP contribution in [0, 0.1) is 27.7 Å². The third-order valence-electron chi connectivity index (χ3n) is 8.61. The van der Waals surface area contributed by atoms with Gasteiger partial charge in [-0.05, 0) is 122 Å². The number of methoxy groups -OCH3 is 1. The maximum absolute atomic E-state index is 12.9. The number of aryl methyl sites for hydroxylation is 4. The molecule has 0 radical (unpaired) electrons. The van der Waals surface area contributed by atoms with Gasteiger partial charge >= 0.3 is 0 Å². The van der Waals surface area contributed by atoms with Crippen LogP contribution in [-0.4, -0.2) is 28.1 Å². The summed E-state index contributed by atoms with van der Waals surface area (Å²) >= 11 is 5.86. The fraction of sp³-hybridized carbons (Fsp3) is 0.163. The molecule has 270 valence electrons. The predicted octanol–water partition coefficient (Wildman–Crippen LogP) is 7.43. The molecule has 0 unspecified atom stereocenters. The number of aromatic nitrogens is 2. The van der Waals surface area contributed by atoms with Gasteiger partial charge < -0.3 is 15.4 Å². The molecule has 0 aliphatic rings. The Morgan fingerprint density at radius 1 is 0.604 bits per heavy atom. The van der Waals surface area contributed by atoms with E-state index >= 15 is 0 Å². The van der Waals surface area contributed by atoms with Crippen molar-refractivity contribution in [2.24, 2.45) is 0 Å². The van der Waals surface area contributed by atoms with E-state index in [9.17, 15) is 19.2 Å². The summed E-state index contributed by atoms with van der Waals surface area (Å²) in [5.74, 6) is -0.0374. The van der Waals surface area contributed by atoms with Gasteiger partial charge in [-0.3, -0.25) is 28.3 Å². The lowest BCUT2D eigenvalue weighted by atomic mass is 10.1. The van der Waals surface area contributed by atoms with Gasteiger partial charge in [0, 0.05) is 30.5 Å². The largest absolute Gasteiger partial charge is 0.497 e. The quantitative estimate of drug-likeness (QED) is 0.161. The monoisotopic (exact) mass is 728 g/mol. The van der Waals surface area contributed by atoms with E-state index in [1.165, 1.54) is 9.13 Å². The molecule has 2 aromatic heterocycles. The molecular weight excluding hydrogens is 688 g/mol. The van der Waals surface area contributed by atoms with Gasteiger partial charge in [-0.1, -0.05) is 60.1 Å². The van der Waals surface area contributed by atoms with Crippen molar-refractivity contribution < 1.29 is 14.3 Å². The number of ether oxygens (including phenoxy) is 1. The van der Waals surface area contributed by atoms with Gasteiger partial charge in [0.05, 0.1) is 18.5 Å². The predicted molar refractivity (Wildman–Crippen MR) is 210 cm³/mol. The average Bonchev–Trinajstić information content (AvgIpc) is 3.16. The normalized spacial score (nSPS) is 10.5. The van der Waals surface area contributed by atoms with Crippen LogP contribution in [0.5, 0.6) is 5.75 Å². The number of hydrogen-bond acceptors (Lipinski definition) is 5. The first-order chi connectivity index (χ1) is 25.4. The summed E-state index contributed by atoms with van der Waals surface area (Å²) in [7, 11) is 1.60. The summed E-state index contributed by atoms with van der Waals surface area (Å²) in [5.41, 5.74) is 7.00. The minimum absolute atomic E-state index is 0.113. The van der Waals surface area contributed by atoms with Crippen molar-refractivity contribution >= 4 is 23.4 Å². The summed E-state index contributed by atoms with van der Waals surface area (Å²) in [4.78, 5) is 50.7. The number of amides is 2. The van der Waals surface area contributed by atoms with Crippen LogP contribution in [0.2, 0.25) is 5.02 Å². The molecule has 0 atom stereocenters. The van der Waals surface area contributed by atoms with Crippen LogP contribution in [-0.2, 0) is 13.1 Å². The molecule has 0 aliphatic heterocycles. The van der Waals surface area contributed by atoms with E-state index in [1.54, 1.807) is 55.9 Å². The maximum atomic E-state index is 12.9. The van der Waals surface area contributed by atoms with Crippen LogP contribution in [0.15, 0.2) is 131 Å². The first kappa shape index (κ1) is 38.1. The lowest BCUT2D eigenvalue weighted by molar-refractivity contribution is 0.0941.